The van der Waals surface area contributed by atoms with Gasteiger partial charge in [-0.3, -0.25) is 0 Å². The van der Waals surface area contributed by atoms with Gasteiger partial charge in [0.2, 0.25) is 0 Å². The number of hydrogen-bond acceptors (Lipinski definition) is 2. The summed E-state index contributed by atoms with van der Waals surface area (Å²) in [6.45, 7) is 0. The van der Waals surface area contributed by atoms with E-state index in [1.54, 1.807) is 0 Å². The van der Waals surface area contributed by atoms with E-state index < -0.39 is 17.7 Å². The molecule has 1 N–H and O–H groups in total. The number of rotatable bonds is 3. The lowest BCUT2D eigenvalue weighted by molar-refractivity contribution is 0.177. The molecule has 0 amide bonds. The van der Waals surface area contributed by atoms with E-state index in [-0.39, 0.29) is 4.47 Å². The summed E-state index contributed by atoms with van der Waals surface area (Å²) < 4.78 is 27.2. The molecule has 1 unspecified atom stereocenters. The largest absolute Gasteiger partial charge is 0.388 e. The Bertz CT molecular complexity index is 571. The molecule has 0 aliphatic rings. The van der Waals surface area contributed by atoms with Crippen molar-refractivity contribution in [3.05, 3.63) is 54.6 Å². The average molecular weight is 398 g/mol. The molecule has 0 radical (unpaired) electrons. The van der Waals surface area contributed by atoms with E-state index in [2.05, 4.69) is 31.9 Å². The van der Waals surface area contributed by atoms with Gasteiger partial charge in [0.1, 0.15) is 0 Å². The Kier molecular flexibility index (Phi) is 4.53. The first-order chi connectivity index (χ1) is 8.50. The van der Waals surface area contributed by atoms with Crippen molar-refractivity contribution < 1.29 is 13.9 Å². The van der Waals surface area contributed by atoms with Crippen molar-refractivity contribution in [1.29, 1.82) is 0 Å². The van der Waals surface area contributed by atoms with Gasteiger partial charge in [0.15, 0.2) is 11.6 Å². The van der Waals surface area contributed by atoms with Gasteiger partial charge in [-0.05, 0) is 54.9 Å². The van der Waals surface area contributed by atoms with Crippen LogP contribution in [0, 0.1) is 11.6 Å². The van der Waals surface area contributed by atoms with Crippen LogP contribution in [0.1, 0.15) is 16.5 Å². The molecule has 2 aromatic rings. The maximum atomic E-state index is 13.4. The molecule has 0 spiro atoms. The fourth-order valence-corrected chi connectivity index (χ4v) is 3.69. The van der Waals surface area contributed by atoms with E-state index in [0.29, 0.717) is 12.0 Å². The Morgan fingerprint density at radius 1 is 1.22 bits per heavy atom. The summed E-state index contributed by atoms with van der Waals surface area (Å²) in [5, 5.41) is 12.0. The normalized spacial score (nSPS) is 12.7. The fourth-order valence-electron chi connectivity index (χ4n) is 1.55. The highest BCUT2D eigenvalue weighted by Crippen LogP contribution is 2.32. The molecular formula is C12H8Br2F2OS. The zero-order valence-corrected chi connectivity index (χ0v) is 12.9. The predicted octanol–water partition coefficient (Wildman–Crippen LogP) is 4.83. The molecule has 1 nitrogen and oxygen atoms in total. The van der Waals surface area contributed by atoms with Crippen LogP contribution in [0.15, 0.2) is 32.5 Å². The molecule has 0 aliphatic carbocycles. The van der Waals surface area contributed by atoms with E-state index in [9.17, 15) is 13.9 Å². The van der Waals surface area contributed by atoms with E-state index in [0.717, 1.165) is 15.4 Å². The molecule has 2 rings (SSSR count). The topological polar surface area (TPSA) is 20.2 Å². The molecule has 1 atom stereocenters. The minimum atomic E-state index is -0.975. The Morgan fingerprint density at radius 3 is 2.56 bits per heavy atom. The van der Waals surface area contributed by atoms with Gasteiger partial charge in [-0.25, -0.2) is 8.78 Å². The van der Waals surface area contributed by atoms with Crippen molar-refractivity contribution in [2.45, 2.75) is 12.5 Å². The first-order valence-corrected chi connectivity index (χ1v) is 7.50. The third-order valence-electron chi connectivity index (χ3n) is 2.49. The highest BCUT2D eigenvalue weighted by molar-refractivity contribution is 9.10. The summed E-state index contributed by atoms with van der Waals surface area (Å²) >= 11 is 7.83. The van der Waals surface area contributed by atoms with Crippen LogP contribution in [-0.4, -0.2) is 5.11 Å². The Balaban J connectivity index is 2.27. The molecule has 0 saturated heterocycles. The minimum Gasteiger partial charge on any atom is -0.388 e. The Morgan fingerprint density at radius 2 is 1.94 bits per heavy atom. The monoisotopic (exact) mass is 396 g/mol. The number of aliphatic hydroxyl groups is 1. The van der Waals surface area contributed by atoms with E-state index >= 15 is 0 Å². The molecule has 18 heavy (non-hydrogen) atoms. The SMILES string of the molecule is OC(Cc1sccc1Br)c1ccc(F)c(F)c1Br. The van der Waals surface area contributed by atoms with Crippen LogP contribution in [0.5, 0.6) is 0 Å². The van der Waals surface area contributed by atoms with Crippen molar-refractivity contribution in [1.82, 2.24) is 0 Å². The van der Waals surface area contributed by atoms with Gasteiger partial charge < -0.3 is 5.11 Å². The number of aliphatic hydroxyl groups excluding tert-OH is 1. The molecule has 0 saturated carbocycles. The van der Waals surface area contributed by atoms with Crippen LogP contribution in [0.2, 0.25) is 0 Å². The second-order valence-corrected chi connectivity index (χ2v) is 6.32. The van der Waals surface area contributed by atoms with Gasteiger partial charge in [0.25, 0.3) is 0 Å². The molecule has 0 fully saturated rings. The third kappa shape index (κ3) is 2.82. The molecule has 1 aromatic carbocycles. The van der Waals surface area contributed by atoms with Crippen LogP contribution in [0.4, 0.5) is 8.78 Å². The standard InChI is InChI=1S/C12H8Br2F2OS/c13-7-3-4-18-10(7)5-9(17)6-1-2-8(15)12(16)11(6)14/h1-4,9,17H,5H2. The van der Waals surface area contributed by atoms with Crippen LogP contribution >= 0.6 is 43.2 Å². The number of hydrogen-bond donors (Lipinski definition) is 1. The van der Waals surface area contributed by atoms with Crippen molar-refractivity contribution in [3.8, 4) is 0 Å². The maximum absolute atomic E-state index is 13.4. The van der Waals surface area contributed by atoms with Gasteiger partial charge in [0, 0.05) is 15.8 Å². The molecule has 1 aromatic heterocycles. The summed E-state index contributed by atoms with van der Waals surface area (Å²) in [6.07, 6.45) is -0.536. The van der Waals surface area contributed by atoms with E-state index in [4.69, 9.17) is 0 Å². The van der Waals surface area contributed by atoms with Gasteiger partial charge in [0.05, 0.1) is 10.6 Å². The van der Waals surface area contributed by atoms with Crippen LogP contribution in [0.3, 0.4) is 0 Å². The minimum absolute atomic E-state index is 0.0253. The van der Waals surface area contributed by atoms with Crippen LogP contribution in [0.25, 0.3) is 0 Å². The zero-order valence-electron chi connectivity index (χ0n) is 8.96. The Labute approximate surface area is 124 Å². The van der Waals surface area contributed by atoms with Crippen molar-refractivity contribution in [2.24, 2.45) is 0 Å². The van der Waals surface area contributed by atoms with E-state index in [1.165, 1.54) is 17.4 Å². The van der Waals surface area contributed by atoms with Crippen LogP contribution < -0.4 is 0 Å². The van der Waals surface area contributed by atoms with Crippen molar-refractivity contribution >= 4 is 43.2 Å². The Hall–Kier alpha value is -0.300. The molecule has 0 aliphatic heterocycles. The lowest BCUT2D eigenvalue weighted by Gasteiger charge is -2.13. The summed E-state index contributed by atoms with van der Waals surface area (Å²) in [7, 11) is 0. The quantitative estimate of drug-likeness (QED) is 0.735. The summed E-state index contributed by atoms with van der Waals surface area (Å²) in [5.41, 5.74) is 0.342. The number of halogens is 4. The second kappa shape index (κ2) is 5.77. The van der Waals surface area contributed by atoms with Gasteiger partial charge in [-0.1, -0.05) is 6.07 Å². The molecule has 96 valence electrons. The van der Waals surface area contributed by atoms with Crippen LogP contribution in [-0.2, 0) is 6.42 Å². The number of thiophene rings is 1. The summed E-state index contributed by atoms with van der Waals surface area (Å²) in [4.78, 5) is 0.958. The van der Waals surface area contributed by atoms with Gasteiger partial charge in [-0.15, -0.1) is 11.3 Å². The highest BCUT2D eigenvalue weighted by atomic mass is 79.9. The zero-order chi connectivity index (χ0) is 13.3. The van der Waals surface area contributed by atoms with Gasteiger partial charge >= 0.3 is 0 Å². The highest BCUT2D eigenvalue weighted by Gasteiger charge is 2.18. The second-order valence-electron chi connectivity index (χ2n) is 3.68. The summed E-state index contributed by atoms with van der Waals surface area (Å²) in [6, 6.07) is 4.28. The predicted molar refractivity (Wildman–Crippen MR) is 74.7 cm³/mol. The lowest BCUT2D eigenvalue weighted by atomic mass is 10.1. The average Bonchev–Trinajstić information content (AvgIpc) is 2.72. The molecule has 1 heterocycles. The lowest BCUT2D eigenvalue weighted by Crippen LogP contribution is -2.04. The summed E-state index contributed by atoms with van der Waals surface area (Å²) in [5.74, 6) is -1.91. The van der Waals surface area contributed by atoms with Crippen molar-refractivity contribution in [3.63, 3.8) is 0 Å². The first-order valence-electron chi connectivity index (χ1n) is 5.04. The maximum Gasteiger partial charge on any atom is 0.173 e. The molecule has 0 bridgehead atoms. The first kappa shape index (κ1) is 14.1. The smallest absolute Gasteiger partial charge is 0.173 e. The fraction of sp³-hybridized carbons (Fsp3) is 0.167. The number of benzene rings is 1. The third-order valence-corrected chi connectivity index (χ3v) is 5.25. The molecule has 6 heteroatoms. The van der Waals surface area contributed by atoms with Crippen molar-refractivity contribution in [2.75, 3.05) is 0 Å². The van der Waals surface area contributed by atoms with E-state index in [1.807, 2.05) is 11.4 Å². The molecular weight excluding hydrogens is 390 g/mol. The van der Waals surface area contributed by atoms with Gasteiger partial charge in [-0.2, -0.15) is 0 Å².